The summed E-state index contributed by atoms with van der Waals surface area (Å²) in [6.07, 6.45) is 1.71. The van der Waals surface area contributed by atoms with Gasteiger partial charge in [0.2, 0.25) is 0 Å². The average Bonchev–Trinajstić information content (AvgIpc) is 2.92. The number of carbonyl (C=O) groups is 1. The minimum absolute atomic E-state index is 0.165. The molecule has 4 rings (SSSR count). The van der Waals surface area contributed by atoms with Gasteiger partial charge in [-0.25, -0.2) is 4.79 Å². The number of halogens is 1. The van der Waals surface area contributed by atoms with E-state index in [1.165, 1.54) is 0 Å². The van der Waals surface area contributed by atoms with Crippen molar-refractivity contribution >= 4 is 43.8 Å². The van der Waals surface area contributed by atoms with E-state index in [0.29, 0.717) is 11.3 Å². The molecule has 4 aromatic rings. The van der Waals surface area contributed by atoms with Crippen LogP contribution in [0.1, 0.15) is 10.4 Å². The van der Waals surface area contributed by atoms with Gasteiger partial charge in [0.25, 0.3) is 5.91 Å². The van der Waals surface area contributed by atoms with E-state index in [1.54, 1.807) is 53.7 Å². The topological polar surface area (TPSA) is 68.9 Å². The highest BCUT2D eigenvalue weighted by molar-refractivity contribution is 9.10. The maximum atomic E-state index is 12.9. The molecule has 2 heterocycles. The number of pyridine rings is 1. The Kier molecular flexibility index (Phi) is 3.88. The second kappa shape index (κ2) is 6.10. The van der Waals surface area contributed by atoms with Crippen LogP contribution in [0.25, 0.3) is 27.6 Å². The van der Waals surface area contributed by atoms with Crippen molar-refractivity contribution in [3.63, 3.8) is 0 Å². The number of carbonyl (C=O) groups excluding carboxylic acids is 1. The van der Waals surface area contributed by atoms with Gasteiger partial charge in [-0.05, 0) is 42.5 Å². The first-order chi connectivity index (χ1) is 12.5. The molecule has 0 radical (unpaired) electrons. The normalized spacial score (nSPS) is 11.2. The number of nitrogens with zero attached hydrogens (tertiary/aromatic N) is 3. The Hall–Kier alpha value is -2.93. The van der Waals surface area contributed by atoms with E-state index < -0.39 is 0 Å². The van der Waals surface area contributed by atoms with Gasteiger partial charge in [0.1, 0.15) is 0 Å². The third kappa shape index (κ3) is 2.43. The molecule has 26 heavy (non-hydrogen) atoms. The van der Waals surface area contributed by atoms with Gasteiger partial charge in [-0.1, -0.05) is 15.9 Å². The van der Waals surface area contributed by atoms with Crippen LogP contribution in [0.5, 0.6) is 0 Å². The van der Waals surface area contributed by atoms with Crippen LogP contribution in [-0.4, -0.2) is 27.1 Å². The molecule has 0 spiro atoms. The van der Waals surface area contributed by atoms with E-state index in [4.69, 9.17) is 0 Å². The molecule has 0 bridgehead atoms. The zero-order valence-electron chi connectivity index (χ0n) is 14.2. The van der Waals surface area contributed by atoms with Crippen molar-refractivity contribution in [2.45, 2.75) is 0 Å². The SMILES string of the molecule is CNC(=O)c1ccc(-n2c(=O)n(C)c3cnc4ccc(Br)cc4c32)cc1. The predicted molar refractivity (Wildman–Crippen MR) is 105 cm³/mol. The van der Waals surface area contributed by atoms with E-state index in [9.17, 15) is 9.59 Å². The third-order valence-corrected chi connectivity index (χ3v) is 4.95. The number of rotatable bonds is 2. The van der Waals surface area contributed by atoms with Crippen LogP contribution in [0.15, 0.2) is 57.9 Å². The molecule has 2 aromatic carbocycles. The Morgan fingerprint density at radius 2 is 1.88 bits per heavy atom. The van der Waals surface area contributed by atoms with E-state index in [2.05, 4.69) is 26.2 Å². The molecule has 1 amide bonds. The van der Waals surface area contributed by atoms with E-state index in [1.807, 2.05) is 18.2 Å². The van der Waals surface area contributed by atoms with Gasteiger partial charge in [-0.15, -0.1) is 0 Å². The predicted octanol–water partition coefficient (Wildman–Crippen LogP) is 3.00. The highest BCUT2D eigenvalue weighted by Crippen LogP contribution is 2.27. The molecule has 0 aliphatic heterocycles. The van der Waals surface area contributed by atoms with Crippen LogP contribution in [0.2, 0.25) is 0 Å². The highest BCUT2D eigenvalue weighted by atomic mass is 79.9. The Bertz CT molecular complexity index is 1220. The lowest BCUT2D eigenvalue weighted by atomic mass is 10.1. The fourth-order valence-electron chi connectivity index (χ4n) is 3.12. The van der Waals surface area contributed by atoms with Crippen molar-refractivity contribution in [3.8, 4) is 5.69 Å². The summed E-state index contributed by atoms with van der Waals surface area (Å²) in [6.45, 7) is 0. The minimum atomic E-state index is -0.166. The average molecular weight is 411 g/mol. The standard InChI is InChI=1S/C19H15BrN4O2/c1-21-18(25)11-3-6-13(7-4-11)24-17-14-9-12(20)5-8-15(14)22-10-16(17)23(2)19(24)26/h3-10H,1-2H3,(H,21,25). The maximum Gasteiger partial charge on any atom is 0.333 e. The molecule has 0 aliphatic carbocycles. The zero-order valence-corrected chi connectivity index (χ0v) is 15.7. The van der Waals surface area contributed by atoms with Gasteiger partial charge < -0.3 is 5.32 Å². The summed E-state index contributed by atoms with van der Waals surface area (Å²) in [5, 5.41) is 3.47. The van der Waals surface area contributed by atoms with Crippen molar-refractivity contribution in [2.75, 3.05) is 7.05 Å². The molecule has 0 fully saturated rings. The van der Waals surface area contributed by atoms with Gasteiger partial charge in [-0.2, -0.15) is 0 Å². The summed E-state index contributed by atoms with van der Waals surface area (Å²) < 4.78 is 4.14. The number of fused-ring (bicyclic) bond motifs is 3. The van der Waals surface area contributed by atoms with Crippen LogP contribution >= 0.6 is 15.9 Å². The molecular weight excluding hydrogens is 396 g/mol. The summed E-state index contributed by atoms with van der Waals surface area (Å²) >= 11 is 3.49. The van der Waals surface area contributed by atoms with Gasteiger partial charge in [0.05, 0.1) is 28.4 Å². The molecule has 0 unspecified atom stereocenters. The highest BCUT2D eigenvalue weighted by Gasteiger charge is 2.16. The molecule has 0 atom stereocenters. The molecule has 130 valence electrons. The molecular formula is C19H15BrN4O2. The number of hydrogen-bond acceptors (Lipinski definition) is 3. The molecule has 2 aromatic heterocycles. The summed E-state index contributed by atoms with van der Waals surface area (Å²) in [4.78, 5) is 29.1. The van der Waals surface area contributed by atoms with E-state index >= 15 is 0 Å². The number of imidazole rings is 1. The molecule has 0 aliphatic rings. The first-order valence-corrected chi connectivity index (χ1v) is 8.79. The molecule has 0 saturated heterocycles. The Labute approximate surface area is 157 Å². The Morgan fingerprint density at radius 1 is 1.15 bits per heavy atom. The van der Waals surface area contributed by atoms with Gasteiger partial charge >= 0.3 is 5.69 Å². The minimum Gasteiger partial charge on any atom is -0.355 e. The first-order valence-electron chi connectivity index (χ1n) is 7.99. The van der Waals surface area contributed by atoms with Crippen molar-refractivity contribution < 1.29 is 4.79 Å². The van der Waals surface area contributed by atoms with Crippen LogP contribution < -0.4 is 11.0 Å². The smallest absolute Gasteiger partial charge is 0.333 e. The van der Waals surface area contributed by atoms with Crippen LogP contribution in [0, 0.1) is 0 Å². The summed E-state index contributed by atoms with van der Waals surface area (Å²) in [7, 11) is 3.31. The second-order valence-electron chi connectivity index (χ2n) is 5.96. The van der Waals surface area contributed by atoms with Crippen molar-refractivity contribution in [1.29, 1.82) is 0 Å². The van der Waals surface area contributed by atoms with Crippen LogP contribution in [0.4, 0.5) is 0 Å². The summed E-state index contributed by atoms with van der Waals surface area (Å²) in [5.41, 5.74) is 3.41. The number of amides is 1. The van der Waals surface area contributed by atoms with Gasteiger partial charge in [0, 0.05) is 29.5 Å². The summed E-state index contributed by atoms with van der Waals surface area (Å²) in [6, 6.07) is 12.8. The maximum absolute atomic E-state index is 12.9. The number of benzene rings is 2. The van der Waals surface area contributed by atoms with Gasteiger partial charge in [-0.3, -0.25) is 18.9 Å². The lowest BCUT2D eigenvalue weighted by Gasteiger charge is -2.07. The van der Waals surface area contributed by atoms with Gasteiger partial charge in [0.15, 0.2) is 0 Å². The fraction of sp³-hybridized carbons (Fsp3) is 0.105. The van der Waals surface area contributed by atoms with Crippen molar-refractivity contribution in [3.05, 3.63) is 69.2 Å². The quantitative estimate of drug-likeness (QED) is 0.552. The molecule has 6 nitrogen and oxygen atoms in total. The number of aromatic nitrogens is 3. The summed E-state index contributed by atoms with van der Waals surface area (Å²) in [5.74, 6) is -0.166. The Balaban J connectivity index is 2.06. The molecule has 1 N–H and O–H groups in total. The monoisotopic (exact) mass is 410 g/mol. The third-order valence-electron chi connectivity index (χ3n) is 4.46. The number of nitrogens with one attached hydrogen (secondary N) is 1. The Morgan fingerprint density at radius 3 is 2.58 bits per heavy atom. The lowest BCUT2D eigenvalue weighted by molar-refractivity contribution is 0.0963. The number of aryl methyl sites for hydroxylation is 1. The molecule has 7 heteroatoms. The molecule has 0 saturated carbocycles. The van der Waals surface area contributed by atoms with Crippen molar-refractivity contribution in [2.24, 2.45) is 7.05 Å². The zero-order chi connectivity index (χ0) is 18.4. The fourth-order valence-corrected chi connectivity index (χ4v) is 3.48. The lowest BCUT2D eigenvalue weighted by Crippen LogP contribution is -2.21. The van der Waals surface area contributed by atoms with Crippen molar-refractivity contribution in [1.82, 2.24) is 19.4 Å². The van der Waals surface area contributed by atoms with Crippen LogP contribution in [0.3, 0.4) is 0 Å². The first kappa shape index (κ1) is 16.5. The second-order valence-corrected chi connectivity index (χ2v) is 6.87. The largest absolute Gasteiger partial charge is 0.355 e. The van der Waals surface area contributed by atoms with E-state index in [0.717, 1.165) is 26.4 Å². The van der Waals surface area contributed by atoms with E-state index in [-0.39, 0.29) is 11.6 Å². The van der Waals surface area contributed by atoms with Crippen LogP contribution in [-0.2, 0) is 7.05 Å². The number of hydrogen-bond donors (Lipinski definition) is 1.